The Morgan fingerprint density at radius 3 is 2.36 bits per heavy atom. The Kier molecular flexibility index (Phi) is 7.29. The Hall–Kier alpha value is -4.66. The molecule has 4 aromatic carbocycles. The van der Waals surface area contributed by atoms with Crippen LogP contribution in [0.4, 0.5) is 18.9 Å². The molecule has 0 saturated heterocycles. The van der Waals surface area contributed by atoms with Crippen molar-refractivity contribution in [3.8, 4) is 5.75 Å². The number of rotatable bonds is 6. The first kappa shape index (κ1) is 24.5. The molecule has 0 saturated carbocycles. The van der Waals surface area contributed by atoms with Crippen LogP contribution in [0, 0.1) is 0 Å². The highest BCUT2D eigenvalue weighted by molar-refractivity contribution is 6.39. The van der Waals surface area contributed by atoms with Crippen molar-refractivity contribution < 1.29 is 27.5 Å². The largest absolute Gasteiger partial charge is 0.489 e. The van der Waals surface area contributed by atoms with Crippen molar-refractivity contribution in [3.63, 3.8) is 0 Å². The van der Waals surface area contributed by atoms with E-state index >= 15 is 0 Å². The first-order valence-electron chi connectivity index (χ1n) is 10.8. The highest BCUT2D eigenvalue weighted by Gasteiger charge is 2.30. The van der Waals surface area contributed by atoms with E-state index in [1.807, 2.05) is 42.5 Å². The number of benzene rings is 4. The van der Waals surface area contributed by atoms with E-state index in [9.17, 15) is 22.8 Å². The number of amides is 2. The molecule has 0 radical (unpaired) electrons. The van der Waals surface area contributed by atoms with Gasteiger partial charge in [-0.3, -0.25) is 9.59 Å². The maximum atomic E-state index is 12.6. The average molecular weight is 491 g/mol. The van der Waals surface area contributed by atoms with E-state index in [4.69, 9.17) is 4.74 Å². The lowest BCUT2D eigenvalue weighted by Gasteiger charge is -2.09. The lowest BCUT2D eigenvalue weighted by molar-refractivity contribution is -0.137. The highest BCUT2D eigenvalue weighted by atomic mass is 19.4. The second kappa shape index (κ2) is 10.7. The third-order valence-electron chi connectivity index (χ3n) is 5.19. The van der Waals surface area contributed by atoms with E-state index < -0.39 is 23.6 Å². The summed E-state index contributed by atoms with van der Waals surface area (Å²) in [6, 6.07) is 24.8. The molecule has 2 amide bonds. The Bertz CT molecular complexity index is 1410. The fourth-order valence-electron chi connectivity index (χ4n) is 3.41. The number of alkyl halides is 3. The van der Waals surface area contributed by atoms with Gasteiger partial charge >= 0.3 is 18.0 Å². The molecular weight excluding hydrogens is 471 g/mol. The Morgan fingerprint density at radius 1 is 0.861 bits per heavy atom. The summed E-state index contributed by atoms with van der Waals surface area (Å²) in [6.45, 7) is 0.364. The summed E-state index contributed by atoms with van der Waals surface area (Å²) in [5.74, 6) is -1.55. The van der Waals surface area contributed by atoms with Gasteiger partial charge in [-0.15, -0.1) is 0 Å². The van der Waals surface area contributed by atoms with E-state index in [-0.39, 0.29) is 5.69 Å². The van der Waals surface area contributed by atoms with Crippen LogP contribution in [0.3, 0.4) is 0 Å². The van der Waals surface area contributed by atoms with Gasteiger partial charge in [-0.05, 0) is 58.3 Å². The van der Waals surface area contributed by atoms with Crippen molar-refractivity contribution >= 4 is 34.5 Å². The number of carbonyl (C=O) groups is 2. The number of hydrazone groups is 1. The van der Waals surface area contributed by atoms with E-state index in [2.05, 4.69) is 15.8 Å². The van der Waals surface area contributed by atoms with Gasteiger partial charge in [-0.2, -0.15) is 18.3 Å². The van der Waals surface area contributed by atoms with Crippen LogP contribution in [0.5, 0.6) is 5.75 Å². The van der Waals surface area contributed by atoms with Gasteiger partial charge in [0.25, 0.3) is 0 Å². The fraction of sp³-hybridized carbons (Fsp3) is 0.0741. The summed E-state index contributed by atoms with van der Waals surface area (Å²) < 4.78 is 43.8. The maximum Gasteiger partial charge on any atom is 0.416 e. The average Bonchev–Trinajstić information content (AvgIpc) is 2.87. The molecule has 0 atom stereocenters. The molecule has 0 heterocycles. The molecule has 0 bridgehead atoms. The van der Waals surface area contributed by atoms with Crippen LogP contribution in [0.15, 0.2) is 96.1 Å². The van der Waals surface area contributed by atoms with Crippen molar-refractivity contribution in [3.05, 3.63) is 108 Å². The van der Waals surface area contributed by atoms with Gasteiger partial charge in [0, 0.05) is 5.69 Å². The number of nitrogens with zero attached hydrogens (tertiary/aromatic N) is 1. The molecule has 6 nitrogen and oxygen atoms in total. The van der Waals surface area contributed by atoms with Gasteiger partial charge in [0.1, 0.15) is 12.4 Å². The van der Waals surface area contributed by atoms with Crippen LogP contribution >= 0.6 is 0 Å². The van der Waals surface area contributed by atoms with Gasteiger partial charge in [-0.25, -0.2) is 5.43 Å². The predicted octanol–water partition coefficient (Wildman–Crippen LogP) is 5.53. The van der Waals surface area contributed by atoms with Crippen LogP contribution in [0.2, 0.25) is 0 Å². The third-order valence-corrected chi connectivity index (χ3v) is 5.19. The molecule has 0 fully saturated rings. The quantitative estimate of drug-likeness (QED) is 0.212. The summed E-state index contributed by atoms with van der Waals surface area (Å²) in [4.78, 5) is 23.9. The van der Waals surface area contributed by atoms with Crippen LogP contribution in [-0.4, -0.2) is 18.0 Å². The van der Waals surface area contributed by atoms with Gasteiger partial charge in [-0.1, -0.05) is 54.6 Å². The minimum absolute atomic E-state index is 0.0446. The summed E-state index contributed by atoms with van der Waals surface area (Å²) in [5.41, 5.74) is 2.92. The Morgan fingerprint density at radius 2 is 1.58 bits per heavy atom. The molecule has 0 aliphatic heterocycles. The predicted molar refractivity (Wildman–Crippen MR) is 131 cm³/mol. The smallest absolute Gasteiger partial charge is 0.416 e. The third kappa shape index (κ3) is 6.26. The summed E-state index contributed by atoms with van der Waals surface area (Å²) in [6.07, 6.45) is -3.15. The zero-order valence-electron chi connectivity index (χ0n) is 18.8. The molecule has 0 aliphatic rings. The first-order valence-corrected chi connectivity index (χ1v) is 10.8. The van der Waals surface area contributed by atoms with E-state index in [0.717, 1.165) is 40.6 Å². The fourth-order valence-corrected chi connectivity index (χ4v) is 3.41. The van der Waals surface area contributed by atoms with Crippen molar-refractivity contribution in [2.24, 2.45) is 5.10 Å². The number of hydrogen-bond acceptors (Lipinski definition) is 4. The highest BCUT2D eigenvalue weighted by Crippen LogP contribution is 2.29. The number of carbonyl (C=O) groups excluding carboxylic acids is 2. The van der Waals surface area contributed by atoms with Crippen LogP contribution in [0.25, 0.3) is 10.8 Å². The summed E-state index contributed by atoms with van der Waals surface area (Å²) in [5, 5.41) is 8.20. The number of fused-ring (bicyclic) bond motifs is 1. The van der Waals surface area contributed by atoms with Crippen LogP contribution in [-0.2, 0) is 22.4 Å². The lowest BCUT2D eigenvalue weighted by atomic mass is 10.1. The molecule has 0 aromatic heterocycles. The molecule has 9 heteroatoms. The van der Waals surface area contributed by atoms with E-state index in [1.54, 1.807) is 24.3 Å². The second-order valence-corrected chi connectivity index (χ2v) is 7.73. The minimum Gasteiger partial charge on any atom is -0.489 e. The van der Waals surface area contributed by atoms with Crippen molar-refractivity contribution in [2.75, 3.05) is 5.32 Å². The van der Waals surface area contributed by atoms with Gasteiger partial charge in [0.05, 0.1) is 11.8 Å². The zero-order chi connectivity index (χ0) is 25.5. The number of anilines is 1. The molecule has 2 N–H and O–H groups in total. The van der Waals surface area contributed by atoms with E-state index in [0.29, 0.717) is 17.9 Å². The molecule has 0 aliphatic carbocycles. The summed E-state index contributed by atoms with van der Waals surface area (Å²) in [7, 11) is 0. The molecular formula is C27H20F3N3O3. The Balaban J connectivity index is 1.31. The van der Waals surface area contributed by atoms with Gasteiger partial charge < -0.3 is 10.1 Å². The number of halogens is 3. The molecule has 182 valence electrons. The van der Waals surface area contributed by atoms with Gasteiger partial charge in [0.15, 0.2) is 0 Å². The molecule has 4 rings (SSSR count). The Labute approximate surface area is 204 Å². The van der Waals surface area contributed by atoms with Crippen molar-refractivity contribution in [1.29, 1.82) is 0 Å². The monoisotopic (exact) mass is 491 g/mol. The number of ether oxygens (including phenoxy) is 1. The summed E-state index contributed by atoms with van der Waals surface area (Å²) >= 11 is 0. The lowest BCUT2D eigenvalue weighted by Crippen LogP contribution is -2.32. The number of hydrogen-bond donors (Lipinski definition) is 2. The van der Waals surface area contributed by atoms with Crippen molar-refractivity contribution in [1.82, 2.24) is 5.43 Å². The van der Waals surface area contributed by atoms with Crippen molar-refractivity contribution in [2.45, 2.75) is 12.8 Å². The first-order chi connectivity index (χ1) is 17.3. The van der Waals surface area contributed by atoms with Gasteiger partial charge in [0.2, 0.25) is 0 Å². The maximum absolute atomic E-state index is 12.6. The SMILES string of the molecule is O=C(NN=Cc1cccc(OCc2cccc3ccccc23)c1)C(=O)Nc1ccc(C(F)(F)F)cc1. The van der Waals surface area contributed by atoms with Crippen LogP contribution < -0.4 is 15.5 Å². The normalized spacial score (nSPS) is 11.4. The number of nitrogens with one attached hydrogen (secondary N) is 2. The zero-order valence-corrected chi connectivity index (χ0v) is 18.8. The van der Waals surface area contributed by atoms with Crippen LogP contribution in [0.1, 0.15) is 16.7 Å². The molecule has 4 aromatic rings. The molecule has 36 heavy (non-hydrogen) atoms. The molecule has 0 unspecified atom stereocenters. The molecule has 0 spiro atoms. The van der Waals surface area contributed by atoms with E-state index in [1.165, 1.54) is 6.21 Å². The standard InChI is InChI=1S/C27H20F3N3O3/c28-27(29,30)21-11-13-22(14-12-21)32-25(34)26(35)33-31-16-18-5-3-9-23(15-18)36-17-20-8-4-7-19-6-1-2-10-24(19)20/h1-16H,17H2,(H,32,34)(H,33,35). The topological polar surface area (TPSA) is 79.8 Å². The minimum atomic E-state index is -4.49. The second-order valence-electron chi connectivity index (χ2n) is 7.73.